The van der Waals surface area contributed by atoms with Gasteiger partial charge in [0.25, 0.3) is 0 Å². The molecule has 0 unspecified atom stereocenters. The van der Waals surface area contributed by atoms with Crippen molar-refractivity contribution in [3.05, 3.63) is 48.3 Å². The fourth-order valence-electron chi connectivity index (χ4n) is 2.28. The van der Waals surface area contributed by atoms with E-state index < -0.39 is 11.6 Å². The molecule has 0 aliphatic heterocycles. The van der Waals surface area contributed by atoms with Crippen molar-refractivity contribution in [1.82, 2.24) is 9.55 Å². The molecule has 2 aromatic carbocycles. The van der Waals surface area contributed by atoms with Crippen molar-refractivity contribution in [3.8, 4) is 16.9 Å². The summed E-state index contributed by atoms with van der Waals surface area (Å²) in [6, 6.07) is 7.59. The van der Waals surface area contributed by atoms with Gasteiger partial charge in [0, 0.05) is 24.7 Å². The lowest BCUT2D eigenvalue weighted by Gasteiger charge is -2.08. The summed E-state index contributed by atoms with van der Waals surface area (Å²) in [5.74, 6) is -1.18. The standard InChI is InChI=1S/C15H12F2N2O/c1-19-8-18-15-10(4-3-5-13(15)19)14-11(16)6-9(20-2)7-12(14)17/h3-8H,1-2H3. The Bertz CT molecular complexity index is 773. The van der Waals surface area contributed by atoms with Gasteiger partial charge in [0.2, 0.25) is 0 Å². The summed E-state index contributed by atoms with van der Waals surface area (Å²) < 4.78 is 35.0. The van der Waals surface area contributed by atoms with Gasteiger partial charge in [0.1, 0.15) is 17.4 Å². The predicted octanol–water partition coefficient (Wildman–Crippen LogP) is 3.53. The molecule has 0 atom stereocenters. The van der Waals surface area contributed by atoms with Crippen molar-refractivity contribution in [3.63, 3.8) is 0 Å². The van der Waals surface area contributed by atoms with Gasteiger partial charge in [-0.05, 0) is 6.07 Å². The van der Waals surface area contributed by atoms with Crippen LogP contribution in [0.4, 0.5) is 8.78 Å². The molecule has 1 heterocycles. The lowest BCUT2D eigenvalue weighted by molar-refractivity contribution is 0.407. The van der Waals surface area contributed by atoms with E-state index in [0.717, 1.165) is 5.52 Å². The molecule has 20 heavy (non-hydrogen) atoms. The minimum absolute atomic E-state index is 0.0879. The molecule has 3 aromatic rings. The van der Waals surface area contributed by atoms with Crippen LogP contribution in [0.3, 0.4) is 0 Å². The topological polar surface area (TPSA) is 27.1 Å². The molecule has 0 bridgehead atoms. The molecule has 3 rings (SSSR count). The van der Waals surface area contributed by atoms with Crippen molar-refractivity contribution in [2.75, 3.05) is 7.11 Å². The first-order chi connectivity index (χ1) is 9.61. The van der Waals surface area contributed by atoms with E-state index in [1.165, 1.54) is 19.2 Å². The Morgan fingerprint density at radius 1 is 1.15 bits per heavy atom. The Morgan fingerprint density at radius 3 is 2.50 bits per heavy atom. The van der Waals surface area contributed by atoms with Gasteiger partial charge in [0.15, 0.2) is 0 Å². The molecular formula is C15H12F2N2O. The molecular weight excluding hydrogens is 262 g/mol. The van der Waals surface area contributed by atoms with Crippen LogP contribution in [-0.2, 0) is 7.05 Å². The Balaban J connectivity index is 2.31. The summed E-state index contributed by atoms with van der Waals surface area (Å²) in [6.07, 6.45) is 1.62. The maximum Gasteiger partial charge on any atom is 0.137 e. The van der Waals surface area contributed by atoms with E-state index in [0.29, 0.717) is 11.1 Å². The van der Waals surface area contributed by atoms with Gasteiger partial charge in [-0.1, -0.05) is 12.1 Å². The molecule has 0 N–H and O–H groups in total. The number of halogens is 2. The highest BCUT2D eigenvalue weighted by atomic mass is 19.1. The van der Waals surface area contributed by atoms with Crippen LogP contribution in [0.25, 0.3) is 22.2 Å². The van der Waals surface area contributed by atoms with Crippen molar-refractivity contribution in [2.45, 2.75) is 0 Å². The van der Waals surface area contributed by atoms with Crippen LogP contribution in [0.15, 0.2) is 36.7 Å². The van der Waals surface area contributed by atoms with Crippen LogP contribution in [0.2, 0.25) is 0 Å². The molecule has 0 aliphatic carbocycles. The number of methoxy groups -OCH3 is 1. The fourth-order valence-corrected chi connectivity index (χ4v) is 2.28. The molecule has 0 aliphatic rings. The van der Waals surface area contributed by atoms with Gasteiger partial charge < -0.3 is 9.30 Å². The molecule has 5 heteroatoms. The van der Waals surface area contributed by atoms with Gasteiger partial charge in [0.05, 0.1) is 30.0 Å². The van der Waals surface area contributed by atoms with Crippen LogP contribution in [-0.4, -0.2) is 16.7 Å². The Morgan fingerprint density at radius 2 is 1.85 bits per heavy atom. The summed E-state index contributed by atoms with van der Waals surface area (Å²) in [6.45, 7) is 0. The summed E-state index contributed by atoms with van der Waals surface area (Å²) in [4.78, 5) is 4.22. The molecule has 0 amide bonds. The number of fused-ring (bicyclic) bond motifs is 1. The number of aryl methyl sites for hydroxylation is 1. The highest BCUT2D eigenvalue weighted by Crippen LogP contribution is 2.33. The molecule has 0 fully saturated rings. The summed E-state index contributed by atoms with van der Waals surface area (Å²) in [5.41, 5.74) is 1.73. The Labute approximate surface area is 114 Å². The summed E-state index contributed by atoms with van der Waals surface area (Å²) in [7, 11) is 3.20. The highest BCUT2D eigenvalue weighted by Gasteiger charge is 2.17. The zero-order chi connectivity index (χ0) is 14.3. The normalized spacial score (nSPS) is 11.0. The average molecular weight is 274 g/mol. The first-order valence-corrected chi connectivity index (χ1v) is 6.05. The number of imidazole rings is 1. The van der Waals surface area contributed by atoms with E-state index in [-0.39, 0.29) is 11.3 Å². The monoisotopic (exact) mass is 274 g/mol. The maximum atomic E-state index is 14.2. The smallest absolute Gasteiger partial charge is 0.137 e. The first-order valence-electron chi connectivity index (χ1n) is 6.05. The zero-order valence-electron chi connectivity index (χ0n) is 11.0. The lowest BCUT2D eigenvalue weighted by Crippen LogP contribution is -1.94. The minimum atomic E-state index is -0.667. The number of ether oxygens (including phenoxy) is 1. The zero-order valence-corrected chi connectivity index (χ0v) is 11.0. The van der Waals surface area contributed by atoms with Crippen LogP contribution < -0.4 is 4.74 Å². The van der Waals surface area contributed by atoms with Crippen molar-refractivity contribution in [1.29, 1.82) is 0 Å². The van der Waals surface area contributed by atoms with Gasteiger partial charge in [-0.15, -0.1) is 0 Å². The van der Waals surface area contributed by atoms with Gasteiger partial charge in [-0.2, -0.15) is 0 Å². The van der Waals surface area contributed by atoms with E-state index in [2.05, 4.69) is 4.98 Å². The molecule has 0 saturated heterocycles. The SMILES string of the molecule is COc1cc(F)c(-c2cccc3c2ncn3C)c(F)c1. The summed E-state index contributed by atoms with van der Waals surface area (Å²) >= 11 is 0. The third kappa shape index (κ3) is 1.82. The second-order valence-corrected chi connectivity index (χ2v) is 4.49. The minimum Gasteiger partial charge on any atom is -0.497 e. The fraction of sp³-hybridized carbons (Fsp3) is 0.133. The number of nitrogens with zero attached hydrogens (tertiary/aromatic N) is 2. The van der Waals surface area contributed by atoms with E-state index in [1.54, 1.807) is 23.0 Å². The van der Waals surface area contributed by atoms with Crippen LogP contribution in [0.1, 0.15) is 0 Å². The van der Waals surface area contributed by atoms with Crippen LogP contribution in [0, 0.1) is 11.6 Å². The Kier molecular flexibility index (Phi) is 2.89. The average Bonchev–Trinajstić information content (AvgIpc) is 2.81. The van der Waals surface area contributed by atoms with E-state index in [9.17, 15) is 8.78 Å². The van der Waals surface area contributed by atoms with E-state index in [1.807, 2.05) is 13.1 Å². The molecule has 1 aromatic heterocycles. The second-order valence-electron chi connectivity index (χ2n) is 4.49. The molecule has 102 valence electrons. The van der Waals surface area contributed by atoms with Crippen molar-refractivity contribution >= 4 is 11.0 Å². The van der Waals surface area contributed by atoms with Crippen LogP contribution in [0.5, 0.6) is 5.75 Å². The summed E-state index contributed by atoms with van der Waals surface area (Å²) in [5, 5.41) is 0. The third-order valence-corrected chi connectivity index (χ3v) is 3.28. The molecule has 0 saturated carbocycles. The van der Waals surface area contributed by atoms with E-state index >= 15 is 0 Å². The van der Waals surface area contributed by atoms with Gasteiger partial charge in [-0.3, -0.25) is 0 Å². The van der Waals surface area contributed by atoms with Crippen LogP contribution >= 0.6 is 0 Å². The number of aromatic nitrogens is 2. The maximum absolute atomic E-state index is 14.2. The largest absolute Gasteiger partial charge is 0.497 e. The number of benzene rings is 2. The third-order valence-electron chi connectivity index (χ3n) is 3.28. The Hall–Kier alpha value is -2.43. The number of rotatable bonds is 2. The molecule has 3 nitrogen and oxygen atoms in total. The number of para-hydroxylation sites is 1. The molecule has 0 radical (unpaired) electrons. The van der Waals surface area contributed by atoms with E-state index in [4.69, 9.17) is 4.74 Å². The lowest BCUT2D eigenvalue weighted by atomic mass is 10.0. The van der Waals surface area contributed by atoms with Crippen molar-refractivity contribution < 1.29 is 13.5 Å². The highest BCUT2D eigenvalue weighted by molar-refractivity contribution is 5.92. The van der Waals surface area contributed by atoms with Gasteiger partial charge >= 0.3 is 0 Å². The molecule has 0 spiro atoms. The van der Waals surface area contributed by atoms with Gasteiger partial charge in [-0.25, -0.2) is 13.8 Å². The quantitative estimate of drug-likeness (QED) is 0.715. The van der Waals surface area contributed by atoms with Crippen molar-refractivity contribution in [2.24, 2.45) is 7.05 Å². The predicted molar refractivity (Wildman–Crippen MR) is 72.6 cm³/mol. The number of hydrogen-bond acceptors (Lipinski definition) is 2. The first kappa shape index (κ1) is 12.6. The second kappa shape index (κ2) is 4.59. The number of hydrogen-bond donors (Lipinski definition) is 0.